The third kappa shape index (κ3) is 3.81. The van der Waals surface area contributed by atoms with E-state index in [4.69, 9.17) is 5.11 Å². The predicted molar refractivity (Wildman–Crippen MR) is 75.7 cm³/mol. The van der Waals surface area contributed by atoms with Crippen molar-refractivity contribution in [2.75, 3.05) is 19.6 Å². The average molecular weight is 276 g/mol. The van der Waals surface area contributed by atoms with Gasteiger partial charge in [-0.1, -0.05) is 18.2 Å². The maximum Gasteiger partial charge on any atom is 0.335 e. The number of carboxylic acids is 1. The van der Waals surface area contributed by atoms with E-state index in [1.165, 1.54) is 0 Å². The highest BCUT2D eigenvalue weighted by molar-refractivity contribution is 5.89. The minimum Gasteiger partial charge on any atom is -0.478 e. The largest absolute Gasteiger partial charge is 0.478 e. The first-order valence-electron chi connectivity index (χ1n) is 6.98. The van der Waals surface area contributed by atoms with Gasteiger partial charge in [0.1, 0.15) is 0 Å². The Bertz CT molecular complexity index is 482. The average Bonchev–Trinajstić information content (AvgIpc) is 2.48. The Morgan fingerprint density at radius 1 is 1.35 bits per heavy atom. The summed E-state index contributed by atoms with van der Waals surface area (Å²) in [6.07, 6.45) is 2.48. The van der Waals surface area contributed by atoms with Crippen LogP contribution in [-0.2, 0) is 11.2 Å². The standard InChI is InChI=1S/C15H20N2O3/c18-14(12-5-3-8-16-10-12)17-9-7-11-4-1-2-6-13(11)15(19)20/h1-2,4,6,12,16H,3,5,7-10H2,(H,17,18)(H,19,20). The van der Waals surface area contributed by atoms with Crippen LogP contribution in [0.4, 0.5) is 0 Å². The van der Waals surface area contributed by atoms with E-state index in [0.717, 1.165) is 31.5 Å². The Morgan fingerprint density at radius 2 is 2.15 bits per heavy atom. The van der Waals surface area contributed by atoms with Crippen molar-refractivity contribution >= 4 is 11.9 Å². The van der Waals surface area contributed by atoms with Crippen molar-refractivity contribution < 1.29 is 14.7 Å². The summed E-state index contributed by atoms with van der Waals surface area (Å²) in [7, 11) is 0. The Balaban J connectivity index is 1.83. The summed E-state index contributed by atoms with van der Waals surface area (Å²) in [5.74, 6) is -0.827. The van der Waals surface area contributed by atoms with Crippen LogP contribution in [0.1, 0.15) is 28.8 Å². The van der Waals surface area contributed by atoms with Gasteiger partial charge in [-0.15, -0.1) is 0 Å². The lowest BCUT2D eigenvalue weighted by atomic mass is 9.98. The number of aromatic carboxylic acids is 1. The number of hydrogen-bond acceptors (Lipinski definition) is 3. The van der Waals surface area contributed by atoms with E-state index in [2.05, 4.69) is 10.6 Å². The highest BCUT2D eigenvalue weighted by Crippen LogP contribution is 2.11. The van der Waals surface area contributed by atoms with Gasteiger partial charge in [-0.3, -0.25) is 4.79 Å². The van der Waals surface area contributed by atoms with Gasteiger partial charge in [0.2, 0.25) is 5.91 Å². The SMILES string of the molecule is O=C(O)c1ccccc1CCNC(=O)C1CCCNC1. The molecule has 0 aromatic heterocycles. The van der Waals surface area contributed by atoms with Crippen LogP contribution < -0.4 is 10.6 Å². The number of nitrogens with one attached hydrogen (secondary N) is 2. The van der Waals surface area contributed by atoms with Gasteiger partial charge >= 0.3 is 5.97 Å². The maximum absolute atomic E-state index is 11.9. The molecule has 1 heterocycles. The normalized spacial score (nSPS) is 18.5. The molecule has 1 atom stereocenters. The van der Waals surface area contributed by atoms with Crippen molar-refractivity contribution in [1.29, 1.82) is 0 Å². The van der Waals surface area contributed by atoms with Gasteiger partial charge in [-0.05, 0) is 37.4 Å². The van der Waals surface area contributed by atoms with E-state index in [-0.39, 0.29) is 11.8 Å². The number of piperidine rings is 1. The number of amides is 1. The third-order valence-electron chi connectivity index (χ3n) is 3.61. The monoisotopic (exact) mass is 276 g/mol. The molecule has 5 nitrogen and oxygen atoms in total. The lowest BCUT2D eigenvalue weighted by Crippen LogP contribution is -2.41. The first kappa shape index (κ1) is 14.5. The number of carbonyl (C=O) groups excluding carboxylic acids is 1. The molecule has 3 N–H and O–H groups in total. The minimum absolute atomic E-state index is 0.0402. The summed E-state index contributed by atoms with van der Waals surface area (Å²) in [4.78, 5) is 23.0. The fourth-order valence-electron chi connectivity index (χ4n) is 2.49. The van der Waals surface area contributed by atoms with E-state index < -0.39 is 5.97 Å². The quantitative estimate of drug-likeness (QED) is 0.751. The van der Waals surface area contributed by atoms with E-state index in [1.807, 2.05) is 6.07 Å². The molecule has 1 fully saturated rings. The predicted octanol–water partition coefficient (Wildman–Crippen LogP) is 1.04. The van der Waals surface area contributed by atoms with E-state index in [1.54, 1.807) is 18.2 Å². The van der Waals surface area contributed by atoms with Crippen molar-refractivity contribution in [3.8, 4) is 0 Å². The van der Waals surface area contributed by atoms with Crippen LogP contribution in [0.25, 0.3) is 0 Å². The number of carbonyl (C=O) groups is 2. The minimum atomic E-state index is -0.927. The zero-order valence-electron chi connectivity index (χ0n) is 11.4. The van der Waals surface area contributed by atoms with Crippen molar-refractivity contribution in [1.82, 2.24) is 10.6 Å². The summed E-state index contributed by atoms with van der Waals surface area (Å²) in [6.45, 7) is 2.19. The third-order valence-corrected chi connectivity index (χ3v) is 3.61. The molecular weight excluding hydrogens is 256 g/mol. The van der Waals surface area contributed by atoms with Gasteiger partial charge in [0, 0.05) is 13.1 Å². The van der Waals surface area contributed by atoms with Gasteiger partial charge < -0.3 is 15.7 Å². The molecule has 0 bridgehead atoms. The fraction of sp³-hybridized carbons (Fsp3) is 0.467. The molecule has 1 aromatic rings. The van der Waals surface area contributed by atoms with Gasteiger partial charge in [0.25, 0.3) is 0 Å². The highest BCUT2D eigenvalue weighted by Gasteiger charge is 2.20. The lowest BCUT2D eigenvalue weighted by molar-refractivity contribution is -0.125. The molecule has 0 aliphatic carbocycles. The van der Waals surface area contributed by atoms with Crippen LogP contribution in [0, 0.1) is 5.92 Å². The summed E-state index contributed by atoms with van der Waals surface area (Å²) >= 11 is 0. The molecule has 108 valence electrons. The zero-order chi connectivity index (χ0) is 14.4. The van der Waals surface area contributed by atoms with Crippen molar-refractivity contribution in [2.24, 2.45) is 5.92 Å². The Hall–Kier alpha value is -1.88. The van der Waals surface area contributed by atoms with Gasteiger partial charge in [0.15, 0.2) is 0 Å². The van der Waals surface area contributed by atoms with Gasteiger partial charge in [-0.25, -0.2) is 4.79 Å². The molecule has 0 radical (unpaired) electrons. The molecule has 0 spiro atoms. The van der Waals surface area contributed by atoms with Crippen LogP contribution in [0.5, 0.6) is 0 Å². The molecule has 1 saturated heterocycles. The van der Waals surface area contributed by atoms with E-state index >= 15 is 0 Å². The molecule has 1 aromatic carbocycles. The first-order chi connectivity index (χ1) is 9.68. The smallest absolute Gasteiger partial charge is 0.335 e. The van der Waals surface area contributed by atoms with Crippen LogP contribution >= 0.6 is 0 Å². The second-order valence-corrected chi connectivity index (χ2v) is 5.05. The summed E-state index contributed by atoms with van der Waals surface area (Å²) in [5.41, 5.74) is 1.06. The summed E-state index contributed by atoms with van der Waals surface area (Å²) in [5, 5.41) is 15.2. The second-order valence-electron chi connectivity index (χ2n) is 5.05. The Labute approximate surface area is 118 Å². The maximum atomic E-state index is 11.9. The number of rotatable bonds is 5. The summed E-state index contributed by atoms with van der Waals surface area (Å²) in [6, 6.07) is 6.90. The Kier molecular flexibility index (Phi) is 5.12. The van der Waals surface area contributed by atoms with E-state index in [9.17, 15) is 9.59 Å². The van der Waals surface area contributed by atoms with Gasteiger partial charge in [-0.2, -0.15) is 0 Å². The first-order valence-corrected chi connectivity index (χ1v) is 6.98. The lowest BCUT2D eigenvalue weighted by Gasteiger charge is -2.21. The number of carboxylic acid groups (broad SMARTS) is 1. The molecule has 2 rings (SSSR count). The molecule has 1 amide bonds. The molecule has 0 saturated carbocycles. The number of benzene rings is 1. The zero-order valence-corrected chi connectivity index (χ0v) is 11.4. The fourth-order valence-corrected chi connectivity index (χ4v) is 2.49. The van der Waals surface area contributed by atoms with Crippen LogP contribution in [0.15, 0.2) is 24.3 Å². The topological polar surface area (TPSA) is 78.4 Å². The molecule has 1 aliphatic heterocycles. The van der Waals surface area contributed by atoms with Crippen LogP contribution in [0.2, 0.25) is 0 Å². The molecule has 20 heavy (non-hydrogen) atoms. The van der Waals surface area contributed by atoms with Crippen LogP contribution in [0.3, 0.4) is 0 Å². The second kappa shape index (κ2) is 7.05. The molecule has 5 heteroatoms. The Morgan fingerprint density at radius 3 is 2.85 bits per heavy atom. The van der Waals surface area contributed by atoms with Crippen molar-refractivity contribution in [2.45, 2.75) is 19.3 Å². The summed E-state index contributed by atoms with van der Waals surface area (Å²) < 4.78 is 0. The van der Waals surface area contributed by atoms with Crippen molar-refractivity contribution in [3.05, 3.63) is 35.4 Å². The number of hydrogen-bond donors (Lipinski definition) is 3. The molecule has 1 aliphatic rings. The molecule has 1 unspecified atom stereocenters. The molecular formula is C15H20N2O3. The van der Waals surface area contributed by atoms with Gasteiger partial charge in [0.05, 0.1) is 11.5 Å². The van der Waals surface area contributed by atoms with Crippen LogP contribution in [-0.4, -0.2) is 36.6 Å². The van der Waals surface area contributed by atoms with E-state index in [0.29, 0.717) is 18.5 Å². The highest BCUT2D eigenvalue weighted by atomic mass is 16.4. The van der Waals surface area contributed by atoms with Crippen molar-refractivity contribution in [3.63, 3.8) is 0 Å².